The molecule has 1 N–H and O–H groups in total. The van der Waals surface area contributed by atoms with Gasteiger partial charge in [-0.25, -0.2) is 4.39 Å². The second-order valence-corrected chi connectivity index (χ2v) is 6.36. The van der Waals surface area contributed by atoms with Crippen molar-refractivity contribution < 1.29 is 4.39 Å². The van der Waals surface area contributed by atoms with Gasteiger partial charge in [0, 0.05) is 24.7 Å². The predicted molar refractivity (Wildman–Crippen MR) is 82.2 cm³/mol. The second kappa shape index (κ2) is 7.19. The van der Waals surface area contributed by atoms with Gasteiger partial charge in [0.2, 0.25) is 0 Å². The fourth-order valence-corrected chi connectivity index (χ4v) is 3.50. The van der Waals surface area contributed by atoms with E-state index in [1.807, 2.05) is 19.2 Å². The van der Waals surface area contributed by atoms with Crippen LogP contribution < -0.4 is 5.32 Å². The van der Waals surface area contributed by atoms with Crippen LogP contribution in [-0.4, -0.2) is 31.6 Å². The summed E-state index contributed by atoms with van der Waals surface area (Å²) < 4.78 is 13.9. The van der Waals surface area contributed by atoms with Crippen molar-refractivity contribution in [1.82, 2.24) is 10.2 Å². The van der Waals surface area contributed by atoms with Crippen LogP contribution >= 0.6 is 0 Å². The zero-order valence-electron chi connectivity index (χ0n) is 12.9. The lowest BCUT2D eigenvalue weighted by atomic mass is 9.91. The average molecular weight is 278 g/mol. The van der Waals surface area contributed by atoms with E-state index in [1.54, 1.807) is 12.1 Å². The highest BCUT2D eigenvalue weighted by molar-refractivity contribution is 5.21. The van der Waals surface area contributed by atoms with Crippen LogP contribution in [0.1, 0.15) is 38.3 Å². The number of benzene rings is 1. The van der Waals surface area contributed by atoms with Crippen molar-refractivity contribution >= 4 is 0 Å². The highest BCUT2D eigenvalue weighted by Crippen LogP contribution is 2.24. The van der Waals surface area contributed by atoms with E-state index < -0.39 is 0 Å². The van der Waals surface area contributed by atoms with Gasteiger partial charge in [-0.1, -0.05) is 32.0 Å². The zero-order chi connectivity index (χ0) is 14.5. The molecule has 1 saturated heterocycles. The molecule has 1 aliphatic heterocycles. The van der Waals surface area contributed by atoms with E-state index in [0.29, 0.717) is 0 Å². The van der Waals surface area contributed by atoms with Crippen molar-refractivity contribution in [3.8, 4) is 0 Å². The van der Waals surface area contributed by atoms with Gasteiger partial charge in [0.05, 0.1) is 0 Å². The molecule has 1 aromatic rings. The number of nitrogens with one attached hydrogen (secondary N) is 1. The van der Waals surface area contributed by atoms with Crippen molar-refractivity contribution in [2.75, 3.05) is 26.7 Å². The molecule has 0 spiro atoms. The van der Waals surface area contributed by atoms with Crippen LogP contribution in [0.5, 0.6) is 0 Å². The van der Waals surface area contributed by atoms with Crippen molar-refractivity contribution in [3.63, 3.8) is 0 Å². The predicted octanol–water partition coefficient (Wildman–Crippen LogP) is 3.45. The molecule has 3 unspecified atom stereocenters. The third kappa shape index (κ3) is 4.03. The molecule has 0 radical (unpaired) electrons. The van der Waals surface area contributed by atoms with Crippen LogP contribution in [0.15, 0.2) is 24.3 Å². The third-order valence-electron chi connectivity index (χ3n) is 4.31. The third-order valence-corrected chi connectivity index (χ3v) is 4.31. The van der Waals surface area contributed by atoms with Gasteiger partial charge in [0.15, 0.2) is 0 Å². The monoisotopic (exact) mass is 278 g/mol. The summed E-state index contributed by atoms with van der Waals surface area (Å²) in [5.41, 5.74) is 0.785. The molecule has 0 aliphatic carbocycles. The Kier molecular flexibility index (Phi) is 5.55. The van der Waals surface area contributed by atoms with Crippen LogP contribution in [0.3, 0.4) is 0 Å². The fraction of sp³-hybridized carbons (Fsp3) is 0.647. The number of likely N-dealkylation sites (tertiary alicyclic amines) is 1. The van der Waals surface area contributed by atoms with Crippen LogP contribution in [-0.2, 0) is 0 Å². The highest BCUT2D eigenvalue weighted by atomic mass is 19.1. The normalized spacial score (nSPS) is 25.6. The van der Waals surface area contributed by atoms with E-state index >= 15 is 0 Å². The van der Waals surface area contributed by atoms with Gasteiger partial charge in [0.25, 0.3) is 0 Å². The molecular formula is C17H27FN2. The maximum absolute atomic E-state index is 13.9. The summed E-state index contributed by atoms with van der Waals surface area (Å²) in [5.74, 6) is 1.45. The van der Waals surface area contributed by atoms with Crippen LogP contribution in [0, 0.1) is 17.7 Å². The molecule has 20 heavy (non-hydrogen) atoms. The highest BCUT2D eigenvalue weighted by Gasteiger charge is 2.22. The average Bonchev–Trinajstić information content (AvgIpc) is 2.40. The summed E-state index contributed by atoms with van der Waals surface area (Å²) in [5, 5.41) is 3.25. The molecule has 2 nitrogen and oxygen atoms in total. The number of hydrogen-bond donors (Lipinski definition) is 1. The SMILES string of the molecule is CNC(CCN1CC(C)CC(C)C1)c1ccccc1F. The molecule has 1 fully saturated rings. The van der Waals surface area contributed by atoms with E-state index in [4.69, 9.17) is 0 Å². The molecule has 0 aromatic heterocycles. The number of nitrogens with zero attached hydrogens (tertiary/aromatic N) is 1. The largest absolute Gasteiger partial charge is 0.313 e. The molecule has 112 valence electrons. The first kappa shape index (κ1) is 15.5. The van der Waals surface area contributed by atoms with Crippen LogP contribution in [0.25, 0.3) is 0 Å². The Bertz CT molecular complexity index is 411. The van der Waals surface area contributed by atoms with Crippen LogP contribution in [0.2, 0.25) is 0 Å². The number of halogens is 1. The van der Waals surface area contributed by atoms with Crippen LogP contribution in [0.4, 0.5) is 4.39 Å². The Morgan fingerprint density at radius 1 is 1.25 bits per heavy atom. The molecule has 2 rings (SSSR count). The zero-order valence-corrected chi connectivity index (χ0v) is 12.9. The standard InChI is InChI=1S/C17H27FN2/c1-13-10-14(2)12-20(11-13)9-8-17(19-3)15-6-4-5-7-16(15)18/h4-7,13-14,17,19H,8-12H2,1-3H3. The van der Waals surface area contributed by atoms with E-state index in [-0.39, 0.29) is 11.9 Å². The molecular weight excluding hydrogens is 251 g/mol. The molecule has 0 bridgehead atoms. The molecule has 3 heteroatoms. The molecule has 0 saturated carbocycles. The lowest BCUT2D eigenvalue weighted by Crippen LogP contribution is -2.40. The molecule has 3 atom stereocenters. The summed E-state index contributed by atoms with van der Waals surface area (Å²) >= 11 is 0. The van der Waals surface area contributed by atoms with Crippen molar-refractivity contribution in [2.24, 2.45) is 11.8 Å². The number of hydrogen-bond acceptors (Lipinski definition) is 2. The summed E-state index contributed by atoms with van der Waals surface area (Å²) in [4.78, 5) is 2.53. The summed E-state index contributed by atoms with van der Waals surface area (Å²) in [6, 6.07) is 7.19. The minimum atomic E-state index is -0.104. The minimum Gasteiger partial charge on any atom is -0.313 e. The molecule has 1 heterocycles. The Labute approximate surface area is 122 Å². The van der Waals surface area contributed by atoms with Gasteiger partial charge >= 0.3 is 0 Å². The van der Waals surface area contributed by atoms with Gasteiger partial charge in [-0.05, 0) is 44.3 Å². The van der Waals surface area contributed by atoms with Crippen molar-refractivity contribution in [2.45, 2.75) is 32.7 Å². The summed E-state index contributed by atoms with van der Waals surface area (Å²) in [6.07, 6.45) is 2.29. The van der Waals surface area contributed by atoms with Gasteiger partial charge in [-0.2, -0.15) is 0 Å². The summed E-state index contributed by atoms with van der Waals surface area (Å²) in [6.45, 7) is 8.05. The Morgan fingerprint density at radius 2 is 1.90 bits per heavy atom. The van der Waals surface area contributed by atoms with E-state index in [1.165, 1.54) is 19.5 Å². The Balaban J connectivity index is 1.93. The Hall–Kier alpha value is -0.930. The second-order valence-electron chi connectivity index (χ2n) is 6.36. The van der Waals surface area contributed by atoms with Gasteiger partial charge in [-0.3, -0.25) is 0 Å². The first-order valence-electron chi connectivity index (χ1n) is 7.74. The maximum Gasteiger partial charge on any atom is 0.127 e. The fourth-order valence-electron chi connectivity index (χ4n) is 3.50. The van der Waals surface area contributed by atoms with Gasteiger partial charge in [0.1, 0.15) is 5.82 Å². The first-order valence-corrected chi connectivity index (χ1v) is 7.74. The molecule has 1 aliphatic rings. The topological polar surface area (TPSA) is 15.3 Å². The van der Waals surface area contributed by atoms with Crippen molar-refractivity contribution in [3.05, 3.63) is 35.6 Å². The molecule has 0 amide bonds. The lowest BCUT2D eigenvalue weighted by molar-refractivity contribution is 0.135. The number of piperidine rings is 1. The minimum absolute atomic E-state index is 0.101. The van der Waals surface area contributed by atoms with E-state index in [2.05, 4.69) is 24.1 Å². The van der Waals surface area contributed by atoms with E-state index in [0.717, 1.165) is 30.4 Å². The first-order chi connectivity index (χ1) is 9.60. The maximum atomic E-state index is 13.9. The van der Waals surface area contributed by atoms with E-state index in [9.17, 15) is 4.39 Å². The number of rotatable bonds is 5. The lowest BCUT2D eigenvalue weighted by Gasteiger charge is -2.35. The smallest absolute Gasteiger partial charge is 0.127 e. The Morgan fingerprint density at radius 3 is 2.50 bits per heavy atom. The van der Waals surface area contributed by atoms with Crippen molar-refractivity contribution in [1.29, 1.82) is 0 Å². The summed E-state index contributed by atoms with van der Waals surface area (Å²) in [7, 11) is 1.92. The quantitative estimate of drug-likeness (QED) is 0.887. The van der Waals surface area contributed by atoms with Gasteiger partial charge in [-0.15, -0.1) is 0 Å². The molecule has 1 aromatic carbocycles. The van der Waals surface area contributed by atoms with Gasteiger partial charge < -0.3 is 10.2 Å².